The van der Waals surface area contributed by atoms with Crippen LogP contribution < -0.4 is 9.62 Å². The molecule has 0 spiro atoms. The molecule has 3 aromatic rings. The Bertz CT molecular complexity index is 1390. The highest BCUT2D eigenvalue weighted by Crippen LogP contribution is 2.29. The summed E-state index contributed by atoms with van der Waals surface area (Å²) in [6, 6.07) is 18.0. The van der Waals surface area contributed by atoms with Crippen LogP contribution in [0, 0.1) is 5.82 Å². The largest absolute Gasteiger partial charge is 0.354 e. The van der Waals surface area contributed by atoms with E-state index in [4.69, 9.17) is 23.2 Å². The summed E-state index contributed by atoms with van der Waals surface area (Å²) >= 11 is 12.1. The number of hydrogen-bond acceptors (Lipinski definition) is 4. The highest BCUT2D eigenvalue weighted by Gasteiger charge is 2.33. The molecule has 0 aliphatic heterocycles. The second-order valence-electron chi connectivity index (χ2n) is 9.01. The minimum absolute atomic E-state index is 0.0465. The van der Waals surface area contributed by atoms with Crippen molar-refractivity contribution in [2.75, 3.05) is 23.7 Å². The van der Waals surface area contributed by atoms with Gasteiger partial charge in [0.25, 0.3) is 0 Å². The number of nitrogens with zero attached hydrogens (tertiary/aromatic N) is 2. The van der Waals surface area contributed by atoms with Gasteiger partial charge in [-0.05, 0) is 47.9 Å². The fourth-order valence-corrected chi connectivity index (χ4v) is 5.09. The lowest BCUT2D eigenvalue weighted by Crippen LogP contribution is -2.53. The van der Waals surface area contributed by atoms with Crippen LogP contribution in [0.4, 0.5) is 10.1 Å². The summed E-state index contributed by atoms with van der Waals surface area (Å²) in [4.78, 5) is 28.7. The third-order valence-corrected chi connectivity index (χ3v) is 7.84. The Morgan fingerprint density at radius 3 is 2.21 bits per heavy atom. The van der Waals surface area contributed by atoms with Crippen LogP contribution in [-0.2, 0) is 32.6 Å². The van der Waals surface area contributed by atoms with Crippen molar-refractivity contribution >= 4 is 50.7 Å². The molecule has 3 rings (SSSR count). The lowest BCUT2D eigenvalue weighted by atomic mass is 10.0. The zero-order valence-corrected chi connectivity index (χ0v) is 23.9. The van der Waals surface area contributed by atoms with E-state index in [1.54, 1.807) is 0 Å². The summed E-state index contributed by atoms with van der Waals surface area (Å²) < 4.78 is 40.1. The van der Waals surface area contributed by atoms with Crippen molar-refractivity contribution in [1.82, 2.24) is 10.2 Å². The van der Waals surface area contributed by atoms with Crippen LogP contribution in [0.25, 0.3) is 0 Å². The second kappa shape index (κ2) is 13.8. The molecule has 0 aliphatic carbocycles. The number of halogens is 3. The second-order valence-corrected chi connectivity index (χ2v) is 11.7. The lowest BCUT2D eigenvalue weighted by Gasteiger charge is -2.33. The van der Waals surface area contributed by atoms with Crippen LogP contribution in [0.2, 0.25) is 10.0 Å². The first-order chi connectivity index (χ1) is 18.5. The molecule has 1 atom stereocenters. The maximum absolute atomic E-state index is 13.9. The van der Waals surface area contributed by atoms with Gasteiger partial charge in [0, 0.05) is 19.5 Å². The molecule has 39 heavy (non-hydrogen) atoms. The summed E-state index contributed by atoms with van der Waals surface area (Å²) in [5.74, 6) is -1.44. The summed E-state index contributed by atoms with van der Waals surface area (Å²) in [6.07, 6.45) is 1.85. The van der Waals surface area contributed by atoms with Gasteiger partial charge in [0.05, 0.1) is 22.0 Å². The van der Waals surface area contributed by atoms with Crippen molar-refractivity contribution in [2.24, 2.45) is 0 Å². The summed E-state index contributed by atoms with van der Waals surface area (Å²) in [5.41, 5.74) is 1.54. The predicted octanol–water partition coefficient (Wildman–Crippen LogP) is 5.06. The van der Waals surface area contributed by atoms with Gasteiger partial charge in [-0.2, -0.15) is 0 Å². The van der Waals surface area contributed by atoms with Crippen molar-refractivity contribution in [1.29, 1.82) is 0 Å². The highest BCUT2D eigenvalue weighted by atomic mass is 35.5. The van der Waals surface area contributed by atoms with Gasteiger partial charge in [-0.1, -0.05) is 72.6 Å². The average Bonchev–Trinajstić information content (AvgIpc) is 2.90. The van der Waals surface area contributed by atoms with Gasteiger partial charge in [0.2, 0.25) is 21.8 Å². The Morgan fingerprint density at radius 2 is 1.62 bits per heavy atom. The van der Waals surface area contributed by atoms with Gasteiger partial charge in [-0.3, -0.25) is 13.9 Å². The van der Waals surface area contributed by atoms with Crippen molar-refractivity contribution in [3.05, 3.63) is 99.8 Å². The molecule has 0 radical (unpaired) electrons. The van der Waals surface area contributed by atoms with Gasteiger partial charge >= 0.3 is 0 Å². The summed E-state index contributed by atoms with van der Waals surface area (Å²) in [5, 5.41) is 3.21. The molecule has 3 aromatic carbocycles. The van der Waals surface area contributed by atoms with Gasteiger partial charge in [-0.25, -0.2) is 12.8 Å². The fourth-order valence-electron chi connectivity index (χ4n) is 3.96. The van der Waals surface area contributed by atoms with Crippen LogP contribution in [0.15, 0.2) is 72.8 Å². The van der Waals surface area contributed by atoms with Crippen LogP contribution >= 0.6 is 23.2 Å². The first-order valence-electron chi connectivity index (χ1n) is 12.3. The molecule has 2 amide bonds. The maximum atomic E-state index is 13.9. The Labute approximate surface area is 238 Å². The zero-order valence-electron chi connectivity index (χ0n) is 21.6. The third-order valence-electron chi connectivity index (χ3n) is 5.96. The molecule has 1 N–H and O–H groups in total. The van der Waals surface area contributed by atoms with Crippen molar-refractivity contribution in [2.45, 2.75) is 32.4 Å². The van der Waals surface area contributed by atoms with E-state index in [0.29, 0.717) is 18.5 Å². The standard InChI is InChI=1S/C28H30Cl2FN3O4S/c1-3-15-32-28(36)26(16-20-7-5-4-6-8-20)33(18-21-9-11-22(31)12-10-21)27(35)19-34(39(2,37)38)23-13-14-24(29)25(30)17-23/h4-14,17,26H,3,15-16,18-19H2,1-2H3,(H,32,36)/t26-/m0/s1. The van der Waals surface area contributed by atoms with Crippen LogP contribution in [0.5, 0.6) is 0 Å². The molecule has 0 unspecified atom stereocenters. The first kappa shape index (κ1) is 30.4. The quantitative estimate of drug-likeness (QED) is 0.318. The highest BCUT2D eigenvalue weighted by molar-refractivity contribution is 7.92. The molecular formula is C28H30Cl2FN3O4S. The first-order valence-corrected chi connectivity index (χ1v) is 14.9. The van der Waals surface area contributed by atoms with Gasteiger partial charge in [-0.15, -0.1) is 0 Å². The Kier molecular flexibility index (Phi) is 10.7. The molecule has 0 heterocycles. The van der Waals surface area contributed by atoms with Crippen molar-refractivity contribution < 1.29 is 22.4 Å². The van der Waals surface area contributed by atoms with E-state index in [-0.39, 0.29) is 34.6 Å². The van der Waals surface area contributed by atoms with E-state index >= 15 is 0 Å². The SMILES string of the molecule is CCCNC(=O)[C@H](Cc1ccccc1)N(Cc1ccc(F)cc1)C(=O)CN(c1ccc(Cl)c(Cl)c1)S(C)(=O)=O. The summed E-state index contributed by atoms with van der Waals surface area (Å²) in [6.45, 7) is 1.68. The molecule has 7 nitrogen and oxygen atoms in total. The third kappa shape index (κ3) is 8.68. The van der Waals surface area contributed by atoms with E-state index in [2.05, 4.69) is 5.32 Å². The van der Waals surface area contributed by atoms with Crippen molar-refractivity contribution in [3.63, 3.8) is 0 Å². The Balaban J connectivity index is 2.04. The Hall–Kier alpha value is -3.14. The lowest BCUT2D eigenvalue weighted by molar-refractivity contribution is -0.140. The smallest absolute Gasteiger partial charge is 0.244 e. The number of sulfonamides is 1. The molecule has 11 heteroatoms. The molecular weight excluding hydrogens is 564 g/mol. The number of nitrogens with one attached hydrogen (secondary N) is 1. The average molecular weight is 595 g/mol. The van der Waals surface area contributed by atoms with E-state index in [9.17, 15) is 22.4 Å². The molecule has 0 aromatic heterocycles. The number of benzene rings is 3. The maximum Gasteiger partial charge on any atom is 0.244 e. The number of hydrogen-bond donors (Lipinski definition) is 1. The summed E-state index contributed by atoms with van der Waals surface area (Å²) in [7, 11) is -3.94. The van der Waals surface area contributed by atoms with Crippen LogP contribution in [-0.4, -0.2) is 50.5 Å². The molecule has 0 saturated carbocycles. The minimum Gasteiger partial charge on any atom is -0.354 e. The Morgan fingerprint density at radius 1 is 0.949 bits per heavy atom. The predicted molar refractivity (Wildman–Crippen MR) is 153 cm³/mol. The molecule has 0 bridgehead atoms. The monoisotopic (exact) mass is 593 g/mol. The number of rotatable bonds is 12. The van der Waals surface area contributed by atoms with Crippen LogP contribution in [0.1, 0.15) is 24.5 Å². The van der Waals surface area contributed by atoms with Gasteiger partial charge in [0.1, 0.15) is 18.4 Å². The molecule has 0 saturated heterocycles. The number of carbonyl (C=O) groups excluding carboxylic acids is 2. The molecule has 0 aliphatic rings. The number of amides is 2. The van der Waals surface area contributed by atoms with Gasteiger partial charge in [0.15, 0.2) is 0 Å². The van der Waals surface area contributed by atoms with E-state index in [1.165, 1.54) is 47.4 Å². The van der Waals surface area contributed by atoms with E-state index in [0.717, 1.165) is 16.1 Å². The zero-order chi connectivity index (χ0) is 28.6. The fraction of sp³-hybridized carbons (Fsp3) is 0.286. The number of anilines is 1. The van der Waals surface area contributed by atoms with Gasteiger partial charge < -0.3 is 10.2 Å². The van der Waals surface area contributed by atoms with Crippen molar-refractivity contribution in [3.8, 4) is 0 Å². The molecule has 0 fully saturated rings. The minimum atomic E-state index is -3.94. The van der Waals surface area contributed by atoms with E-state index < -0.39 is 34.3 Å². The topological polar surface area (TPSA) is 86.8 Å². The normalized spacial score (nSPS) is 12.0. The molecule has 208 valence electrons. The van der Waals surface area contributed by atoms with E-state index in [1.807, 2.05) is 37.3 Å². The number of carbonyl (C=O) groups is 2. The van der Waals surface area contributed by atoms with Crippen LogP contribution in [0.3, 0.4) is 0 Å².